The average Bonchev–Trinajstić information content (AvgIpc) is 3.18. The number of pyridine rings is 1. The summed E-state index contributed by atoms with van der Waals surface area (Å²) in [4.78, 5) is 24.1. The molecule has 1 aliphatic heterocycles. The Labute approximate surface area is 136 Å². The number of aryl methyl sites for hydroxylation is 1. The van der Waals surface area contributed by atoms with Gasteiger partial charge in [-0.1, -0.05) is 25.7 Å². The van der Waals surface area contributed by atoms with Gasteiger partial charge in [-0.15, -0.1) is 0 Å². The highest BCUT2D eigenvalue weighted by Gasteiger charge is 2.57. The first-order chi connectivity index (χ1) is 11.1. The van der Waals surface area contributed by atoms with E-state index in [0.29, 0.717) is 29.4 Å². The van der Waals surface area contributed by atoms with Crippen LogP contribution in [0.15, 0.2) is 23.1 Å². The first-order valence-electron chi connectivity index (χ1n) is 8.74. The van der Waals surface area contributed by atoms with E-state index < -0.39 is 0 Å². The third-order valence-electron chi connectivity index (χ3n) is 6.03. The van der Waals surface area contributed by atoms with Gasteiger partial charge in [0.25, 0.3) is 5.91 Å². The summed E-state index contributed by atoms with van der Waals surface area (Å²) in [6.07, 6.45) is 8.16. The first-order valence-corrected chi connectivity index (χ1v) is 8.74. The summed E-state index contributed by atoms with van der Waals surface area (Å²) in [5.41, 5.74) is 0.456. The van der Waals surface area contributed by atoms with E-state index in [-0.39, 0.29) is 17.5 Å². The number of carbonyl (C=O) groups is 1. The molecule has 3 fully saturated rings. The zero-order valence-corrected chi connectivity index (χ0v) is 13.5. The zero-order chi connectivity index (χ0) is 16.0. The molecule has 23 heavy (non-hydrogen) atoms. The lowest BCUT2D eigenvalue weighted by atomic mass is 9.61. The number of nitrogens with zero attached hydrogens (tertiary/aromatic N) is 1. The minimum Gasteiger partial charge on any atom is -0.377 e. The van der Waals surface area contributed by atoms with Crippen LogP contribution >= 0.6 is 0 Å². The number of rotatable bonds is 3. The van der Waals surface area contributed by atoms with Crippen LogP contribution in [-0.4, -0.2) is 29.2 Å². The smallest absolute Gasteiger partial charge is 0.253 e. The van der Waals surface area contributed by atoms with Crippen LogP contribution in [0.3, 0.4) is 0 Å². The lowest BCUT2D eigenvalue weighted by Crippen LogP contribution is -2.63. The quantitative estimate of drug-likeness (QED) is 0.923. The Morgan fingerprint density at radius 1 is 1.26 bits per heavy atom. The molecule has 0 spiro atoms. The fraction of sp³-hybridized carbons (Fsp3) is 0.667. The Morgan fingerprint density at radius 2 is 2.04 bits per heavy atom. The number of aromatic nitrogens is 1. The molecule has 1 amide bonds. The molecule has 3 aliphatic rings. The van der Waals surface area contributed by atoms with E-state index in [2.05, 4.69) is 5.32 Å². The number of hydrogen-bond acceptors (Lipinski definition) is 3. The predicted octanol–water partition coefficient (Wildman–Crippen LogP) is 1.71. The van der Waals surface area contributed by atoms with E-state index >= 15 is 0 Å². The molecule has 4 rings (SSSR count). The highest BCUT2D eigenvalue weighted by molar-refractivity contribution is 5.94. The van der Waals surface area contributed by atoms with Crippen molar-refractivity contribution in [2.75, 3.05) is 6.61 Å². The van der Waals surface area contributed by atoms with Crippen molar-refractivity contribution in [2.45, 2.75) is 44.2 Å². The molecular weight excluding hydrogens is 292 g/mol. The largest absolute Gasteiger partial charge is 0.377 e. The van der Waals surface area contributed by atoms with Crippen molar-refractivity contribution in [1.82, 2.24) is 9.88 Å². The summed E-state index contributed by atoms with van der Waals surface area (Å²) in [6, 6.07) is 3.30. The summed E-state index contributed by atoms with van der Waals surface area (Å²) in [7, 11) is 1.67. The molecule has 5 nitrogen and oxygen atoms in total. The van der Waals surface area contributed by atoms with E-state index in [1.807, 2.05) is 0 Å². The molecule has 2 aliphatic carbocycles. The van der Waals surface area contributed by atoms with Gasteiger partial charge in [0.1, 0.15) is 0 Å². The second-order valence-electron chi connectivity index (χ2n) is 7.28. The van der Waals surface area contributed by atoms with Crippen LogP contribution in [0.1, 0.15) is 42.5 Å². The Kier molecular flexibility index (Phi) is 3.76. The molecule has 1 saturated heterocycles. The fourth-order valence-corrected chi connectivity index (χ4v) is 4.82. The number of hydrogen-bond donors (Lipinski definition) is 1. The molecule has 2 saturated carbocycles. The molecule has 5 heteroatoms. The molecule has 1 N–H and O–H groups in total. The molecule has 0 bridgehead atoms. The Balaban J connectivity index is 1.50. The van der Waals surface area contributed by atoms with Crippen molar-refractivity contribution in [1.29, 1.82) is 0 Å². The minimum atomic E-state index is -0.0988. The molecule has 0 aromatic carbocycles. The van der Waals surface area contributed by atoms with Gasteiger partial charge >= 0.3 is 0 Å². The lowest BCUT2D eigenvalue weighted by Gasteiger charge is -2.50. The van der Waals surface area contributed by atoms with Crippen molar-refractivity contribution in [3.05, 3.63) is 34.2 Å². The van der Waals surface area contributed by atoms with Crippen LogP contribution < -0.4 is 10.9 Å². The van der Waals surface area contributed by atoms with Crippen molar-refractivity contribution in [2.24, 2.45) is 24.8 Å². The van der Waals surface area contributed by atoms with Crippen molar-refractivity contribution >= 4 is 5.91 Å². The van der Waals surface area contributed by atoms with Gasteiger partial charge in [-0.2, -0.15) is 0 Å². The Morgan fingerprint density at radius 3 is 2.78 bits per heavy atom. The summed E-state index contributed by atoms with van der Waals surface area (Å²) in [5, 5.41) is 3.24. The number of amides is 1. The molecule has 4 atom stereocenters. The van der Waals surface area contributed by atoms with Gasteiger partial charge in [-0.25, -0.2) is 0 Å². The molecular formula is C18H24N2O3. The SMILES string of the molecule is Cn1cc(C(=O)N[C@@H]2[C@@H]3CCO[C@@H]3[C@@H]2C2CCCC2)ccc1=O. The molecule has 124 valence electrons. The summed E-state index contributed by atoms with van der Waals surface area (Å²) < 4.78 is 7.38. The van der Waals surface area contributed by atoms with Crippen LogP contribution in [0.25, 0.3) is 0 Å². The third kappa shape index (κ3) is 2.51. The third-order valence-corrected chi connectivity index (χ3v) is 6.03. The molecule has 0 radical (unpaired) electrons. The van der Waals surface area contributed by atoms with E-state index in [1.54, 1.807) is 19.3 Å². The number of carbonyl (C=O) groups excluding carboxylic acids is 1. The van der Waals surface area contributed by atoms with Crippen molar-refractivity contribution in [3.63, 3.8) is 0 Å². The fourth-order valence-electron chi connectivity index (χ4n) is 4.82. The second kappa shape index (κ2) is 5.78. The van der Waals surface area contributed by atoms with Crippen LogP contribution in [0.2, 0.25) is 0 Å². The van der Waals surface area contributed by atoms with Gasteiger partial charge in [-0.3, -0.25) is 9.59 Å². The topological polar surface area (TPSA) is 60.3 Å². The van der Waals surface area contributed by atoms with Crippen molar-refractivity contribution in [3.8, 4) is 0 Å². The van der Waals surface area contributed by atoms with Gasteiger partial charge in [0.15, 0.2) is 0 Å². The number of fused-ring (bicyclic) bond motifs is 1. The van der Waals surface area contributed by atoms with Crippen molar-refractivity contribution < 1.29 is 9.53 Å². The van der Waals surface area contributed by atoms with Gasteiger partial charge < -0.3 is 14.6 Å². The summed E-state index contributed by atoms with van der Waals surface area (Å²) in [6.45, 7) is 0.824. The molecule has 0 unspecified atom stereocenters. The van der Waals surface area contributed by atoms with E-state index in [4.69, 9.17) is 4.74 Å². The van der Waals surface area contributed by atoms with Gasteiger partial charge in [0.2, 0.25) is 5.56 Å². The minimum absolute atomic E-state index is 0.0704. The van der Waals surface area contributed by atoms with E-state index in [1.165, 1.54) is 36.3 Å². The van der Waals surface area contributed by atoms with Gasteiger partial charge in [0, 0.05) is 43.8 Å². The maximum atomic E-state index is 12.6. The van der Waals surface area contributed by atoms with Crippen LogP contribution in [0, 0.1) is 17.8 Å². The van der Waals surface area contributed by atoms with Crippen LogP contribution in [0.4, 0.5) is 0 Å². The predicted molar refractivity (Wildman–Crippen MR) is 86.2 cm³/mol. The van der Waals surface area contributed by atoms with Crippen LogP contribution in [-0.2, 0) is 11.8 Å². The van der Waals surface area contributed by atoms with Crippen LogP contribution in [0.5, 0.6) is 0 Å². The normalized spacial score (nSPS) is 33.3. The van der Waals surface area contributed by atoms with E-state index in [9.17, 15) is 9.59 Å². The maximum Gasteiger partial charge on any atom is 0.253 e. The standard InChI is InChI=1S/C18H24N2O3/c1-20-10-12(6-7-14(20)21)18(22)19-16-13-8-9-23-17(13)15(16)11-4-2-3-5-11/h6-7,10-11,13,15-17H,2-5,8-9H2,1H3,(H,19,22)/t13-,15+,16+,17-/m0/s1. The van der Waals surface area contributed by atoms with Gasteiger partial charge in [-0.05, 0) is 18.4 Å². The number of ether oxygens (including phenoxy) is 1. The second-order valence-corrected chi connectivity index (χ2v) is 7.28. The number of nitrogens with one attached hydrogen (secondary N) is 1. The monoisotopic (exact) mass is 316 g/mol. The highest BCUT2D eigenvalue weighted by atomic mass is 16.5. The maximum absolute atomic E-state index is 12.6. The summed E-state index contributed by atoms with van der Waals surface area (Å²) in [5.74, 6) is 1.57. The first kappa shape index (κ1) is 14.9. The van der Waals surface area contributed by atoms with E-state index in [0.717, 1.165) is 13.0 Å². The Hall–Kier alpha value is -1.62. The molecule has 1 aromatic heterocycles. The average molecular weight is 316 g/mol. The zero-order valence-electron chi connectivity index (χ0n) is 13.5. The van der Waals surface area contributed by atoms with Gasteiger partial charge in [0.05, 0.1) is 11.7 Å². The Bertz CT molecular complexity index is 658. The molecule has 1 aromatic rings. The highest BCUT2D eigenvalue weighted by Crippen LogP contribution is 2.51. The lowest BCUT2D eigenvalue weighted by molar-refractivity contribution is -0.0784. The molecule has 2 heterocycles. The summed E-state index contributed by atoms with van der Waals surface area (Å²) >= 11 is 0.